The molecule has 0 bridgehead atoms. The molecule has 1 heterocycles. The summed E-state index contributed by atoms with van der Waals surface area (Å²) in [5.74, 6) is -0.739. The Balaban J connectivity index is 1.67. The van der Waals surface area contributed by atoms with E-state index in [1.54, 1.807) is 6.08 Å². The van der Waals surface area contributed by atoms with Crippen molar-refractivity contribution in [3.63, 3.8) is 0 Å². The predicted octanol–water partition coefficient (Wildman–Crippen LogP) is 2.37. The number of rotatable bonds is 3. The molecule has 0 aromatic carbocycles. The van der Waals surface area contributed by atoms with Crippen LogP contribution in [0.25, 0.3) is 0 Å². The van der Waals surface area contributed by atoms with Crippen LogP contribution >= 0.6 is 0 Å². The Morgan fingerprint density at radius 1 is 1.35 bits per heavy atom. The molecule has 1 aliphatic heterocycles. The first-order valence-corrected chi connectivity index (χ1v) is 9.81. The monoisotopic (exact) mass is 362 g/mol. The van der Waals surface area contributed by atoms with Crippen LogP contribution in [0.3, 0.4) is 0 Å². The molecule has 2 N–H and O–H groups in total. The van der Waals surface area contributed by atoms with Gasteiger partial charge in [-0.05, 0) is 31.1 Å². The molecular weight excluding hydrogens is 332 g/mol. The second-order valence-corrected chi connectivity index (χ2v) is 8.87. The minimum Gasteiger partial charge on any atom is -0.395 e. The number of hydrogen-bond acceptors (Lipinski definition) is 5. The summed E-state index contributed by atoms with van der Waals surface area (Å²) < 4.78 is 11.8. The van der Waals surface area contributed by atoms with Gasteiger partial charge in [0.05, 0.1) is 31.3 Å². The Bertz CT molecular complexity index is 634. The lowest BCUT2D eigenvalue weighted by Gasteiger charge is -2.57. The summed E-state index contributed by atoms with van der Waals surface area (Å²) in [6.45, 7) is 6.98. The van der Waals surface area contributed by atoms with Gasteiger partial charge in [0.2, 0.25) is 0 Å². The van der Waals surface area contributed by atoms with Gasteiger partial charge in [-0.1, -0.05) is 24.6 Å². The summed E-state index contributed by atoms with van der Waals surface area (Å²) in [5, 5.41) is 21.0. The number of aliphatic hydroxyl groups excluding tert-OH is 2. The van der Waals surface area contributed by atoms with Crippen LogP contribution in [0.5, 0.6) is 0 Å². The van der Waals surface area contributed by atoms with Crippen molar-refractivity contribution in [1.29, 1.82) is 0 Å². The van der Waals surface area contributed by atoms with E-state index in [0.717, 1.165) is 19.3 Å². The molecule has 0 radical (unpaired) electrons. The Morgan fingerprint density at radius 2 is 2.08 bits per heavy atom. The Hall–Kier alpha value is -1.01. The summed E-state index contributed by atoms with van der Waals surface area (Å²) in [4.78, 5) is 13.3. The van der Waals surface area contributed by atoms with E-state index in [2.05, 4.69) is 19.6 Å². The van der Waals surface area contributed by atoms with Crippen molar-refractivity contribution >= 4 is 5.78 Å². The predicted molar refractivity (Wildman–Crippen MR) is 96.2 cm³/mol. The van der Waals surface area contributed by atoms with Gasteiger partial charge in [-0.2, -0.15) is 0 Å². The van der Waals surface area contributed by atoms with Crippen molar-refractivity contribution in [3.05, 3.63) is 24.3 Å². The fourth-order valence-corrected chi connectivity index (χ4v) is 6.13. The molecule has 2 saturated carbocycles. The molecule has 0 aromatic heterocycles. The highest BCUT2D eigenvalue weighted by molar-refractivity contribution is 5.89. The minimum absolute atomic E-state index is 0.0976. The molecule has 144 valence electrons. The lowest BCUT2D eigenvalue weighted by molar-refractivity contribution is -0.191. The Kier molecular flexibility index (Phi) is 4.42. The molecule has 5 nitrogen and oxygen atoms in total. The lowest BCUT2D eigenvalue weighted by Crippen LogP contribution is -2.59. The van der Waals surface area contributed by atoms with Crippen LogP contribution in [-0.2, 0) is 14.3 Å². The van der Waals surface area contributed by atoms with E-state index in [9.17, 15) is 15.0 Å². The van der Waals surface area contributed by atoms with E-state index in [0.29, 0.717) is 32.5 Å². The van der Waals surface area contributed by atoms with E-state index >= 15 is 0 Å². The third-order valence-electron chi connectivity index (χ3n) is 7.53. The maximum Gasteiger partial charge on any atom is 0.172 e. The molecule has 3 aliphatic carbocycles. The molecule has 1 saturated heterocycles. The summed E-state index contributed by atoms with van der Waals surface area (Å²) in [7, 11) is 0. The maximum atomic E-state index is 13.3. The second kappa shape index (κ2) is 6.26. The van der Waals surface area contributed by atoms with Crippen LogP contribution in [0.4, 0.5) is 0 Å². The third kappa shape index (κ3) is 2.48. The SMILES string of the molecule is C=CC[C@]1(CO)C[C@H](O)[C@@H]2[C@@H](CC=C3CC4(CC[C@@]32C)OCCO4)C1=O. The largest absolute Gasteiger partial charge is 0.395 e. The highest BCUT2D eigenvalue weighted by Crippen LogP contribution is 2.60. The Labute approximate surface area is 155 Å². The Morgan fingerprint density at radius 3 is 2.73 bits per heavy atom. The zero-order chi connectivity index (χ0) is 18.6. The summed E-state index contributed by atoms with van der Waals surface area (Å²) >= 11 is 0. The molecule has 4 aliphatic rings. The first-order chi connectivity index (χ1) is 12.4. The maximum absolute atomic E-state index is 13.3. The average molecular weight is 362 g/mol. The number of carbonyl (C=O) groups excluding carboxylic acids is 1. The third-order valence-corrected chi connectivity index (χ3v) is 7.53. The highest BCUT2D eigenvalue weighted by atomic mass is 16.7. The standard InChI is InChI=1S/C21H30O5/c1-3-6-20(13-22)12-16(23)17-15(18(20)24)5-4-14-11-21(25-9-10-26-21)8-7-19(14,17)2/h3-4,15-17,22-23H,1,5-13H2,2H3/t15-,16+,17+,19+,20-/m1/s1. The number of aliphatic hydroxyl groups is 2. The normalized spacial score (nSPS) is 44.3. The number of allylic oxidation sites excluding steroid dienone is 2. The zero-order valence-corrected chi connectivity index (χ0v) is 15.6. The zero-order valence-electron chi connectivity index (χ0n) is 15.6. The van der Waals surface area contributed by atoms with Crippen molar-refractivity contribution in [2.75, 3.05) is 19.8 Å². The van der Waals surface area contributed by atoms with Crippen LogP contribution in [-0.4, -0.2) is 47.7 Å². The summed E-state index contributed by atoms with van der Waals surface area (Å²) in [6, 6.07) is 0. The van der Waals surface area contributed by atoms with E-state index in [1.165, 1.54) is 5.57 Å². The van der Waals surface area contributed by atoms with Crippen LogP contribution < -0.4 is 0 Å². The van der Waals surface area contributed by atoms with E-state index in [4.69, 9.17) is 9.47 Å². The van der Waals surface area contributed by atoms with E-state index in [-0.39, 0.29) is 29.6 Å². The van der Waals surface area contributed by atoms with E-state index < -0.39 is 17.3 Å². The number of hydrogen-bond donors (Lipinski definition) is 2. The van der Waals surface area contributed by atoms with Gasteiger partial charge in [0.1, 0.15) is 5.78 Å². The molecule has 1 spiro atoms. The number of Topliss-reactive ketones (excluding diaryl/α,β-unsaturated/α-hetero) is 1. The number of carbonyl (C=O) groups is 1. The molecule has 4 rings (SSSR count). The van der Waals surface area contributed by atoms with Crippen LogP contribution in [0.2, 0.25) is 0 Å². The average Bonchev–Trinajstić information content (AvgIpc) is 3.07. The summed E-state index contributed by atoms with van der Waals surface area (Å²) in [5.41, 5.74) is 0.172. The van der Waals surface area contributed by atoms with Gasteiger partial charge in [-0.15, -0.1) is 6.58 Å². The van der Waals surface area contributed by atoms with Crippen molar-refractivity contribution in [3.8, 4) is 0 Å². The second-order valence-electron chi connectivity index (χ2n) is 8.87. The van der Waals surface area contributed by atoms with Crippen molar-refractivity contribution < 1.29 is 24.5 Å². The van der Waals surface area contributed by atoms with Gasteiger partial charge in [0.25, 0.3) is 0 Å². The molecule has 0 unspecified atom stereocenters. The fraction of sp³-hybridized carbons (Fsp3) is 0.762. The van der Waals surface area contributed by atoms with Gasteiger partial charge in [0.15, 0.2) is 5.79 Å². The number of fused-ring (bicyclic) bond motifs is 3. The fourth-order valence-electron chi connectivity index (χ4n) is 6.13. The smallest absolute Gasteiger partial charge is 0.172 e. The first-order valence-electron chi connectivity index (χ1n) is 9.81. The molecule has 3 fully saturated rings. The van der Waals surface area contributed by atoms with Crippen LogP contribution in [0.1, 0.15) is 45.4 Å². The number of ether oxygens (including phenoxy) is 2. The van der Waals surface area contributed by atoms with Crippen LogP contribution in [0, 0.1) is 22.7 Å². The quantitative estimate of drug-likeness (QED) is 0.754. The molecule has 5 atom stereocenters. The van der Waals surface area contributed by atoms with Crippen molar-refractivity contribution in [1.82, 2.24) is 0 Å². The molecule has 26 heavy (non-hydrogen) atoms. The number of ketones is 1. The minimum atomic E-state index is -0.877. The molecule has 0 amide bonds. The van der Waals surface area contributed by atoms with Gasteiger partial charge >= 0.3 is 0 Å². The van der Waals surface area contributed by atoms with Gasteiger partial charge in [0, 0.05) is 24.7 Å². The van der Waals surface area contributed by atoms with Crippen molar-refractivity contribution in [2.45, 2.75) is 57.3 Å². The van der Waals surface area contributed by atoms with Gasteiger partial charge in [-0.3, -0.25) is 4.79 Å². The van der Waals surface area contributed by atoms with Crippen molar-refractivity contribution in [2.24, 2.45) is 22.7 Å². The van der Waals surface area contributed by atoms with E-state index in [1.807, 2.05) is 0 Å². The molecular formula is C21H30O5. The van der Waals surface area contributed by atoms with Crippen LogP contribution in [0.15, 0.2) is 24.3 Å². The summed E-state index contributed by atoms with van der Waals surface area (Å²) in [6.07, 6.45) is 6.99. The topological polar surface area (TPSA) is 76.0 Å². The first kappa shape index (κ1) is 18.4. The molecule has 0 aromatic rings. The molecule has 5 heteroatoms. The van der Waals surface area contributed by atoms with Gasteiger partial charge in [-0.25, -0.2) is 0 Å². The highest BCUT2D eigenvalue weighted by Gasteiger charge is 2.60. The van der Waals surface area contributed by atoms with Gasteiger partial charge < -0.3 is 19.7 Å². The lowest BCUT2D eigenvalue weighted by atomic mass is 9.48.